The van der Waals surface area contributed by atoms with E-state index in [1.807, 2.05) is 0 Å². The standard InChI is InChI=1S/C12H29N3O/c1-6-7-13-10-12(11-16-5)15(4)9-8-14(2)3/h12-13H,6-11H2,1-5H3. The number of nitrogens with one attached hydrogen (secondary N) is 1. The lowest BCUT2D eigenvalue weighted by Crippen LogP contribution is -2.45. The van der Waals surface area contributed by atoms with Gasteiger partial charge in [-0.15, -0.1) is 0 Å². The van der Waals surface area contributed by atoms with Gasteiger partial charge in [-0.1, -0.05) is 6.92 Å². The lowest BCUT2D eigenvalue weighted by atomic mass is 10.2. The molecule has 0 aromatic rings. The molecule has 98 valence electrons. The van der Waals surface area contributed by atoms with E-state index in [1.54, 1.807) is 7.11 Å². The molecule has 0 saturated heterocycles. The number of hydrogen-bond donors (Lipinski definition) is 1. The van der Waals surface area contributed by atoms with Crippen LogP contribution >= 0.6 is 0 Å². The summed E-state index contributed by atoms with van der Waals surface area (Å²) >= 11 is 0. The number of methoxy groups -OCH3 is 1. The van der Waals surface area contributed by atoms with Crippen LogP contribution in [-0.2, 0) is 4.74 Å². The monoisotopic (exact) mass is 231 g/mol. The van der Waals surface area contributed by atoms with Gasteiger partial charge in [0.2, 0.25) is 0 Å². The van der Waals surface area contributed by atoms with Crippen LogP contribution in [0.4, 0.5) is 0 Å². The second kappa shape index (κ2) is 10.0. The highest BCUT2D eigenvalue weighted by atomic mass is 16.5. The molecule has 0 aliphatic rings. The molecule has 0 aliphatic heterocycles. The minimum Gasteiger partial charge on any atom is -0.383 e. The summed E-state index contributed by atoms with van der Waals surface area (Å²) in [5.74, 6) is 0. The normalized spacial score (nSPS) is 13.7. The number of ether oxygens (including phenoxy) is 1. The van der Waals surface area contributed by atoms with Gasteiger partial charge in [-0.25, -0.2) is 0 Å². The van der Waals surface area contributed by atoms with Crippen LogP contribution in [0.2, 0.25) is 0 Å². The van der Waals surface area contributed by atoms with E-state index in [9.17, 15) is 0 Å². The van der Waals surface area contributed by atoms with Crippen LogP contribution in [-0.4, -0.2) is 76.9 Å². The van der Waals surface area contributed by atoms with Crippen molar-refractivity contribution in [2.45, 2.75) is 19.4 Å². The topological polar surface area (TPSA) is 27.7 Å². The summed E-state index contributed by atoms with van der Waals surface area (Å²) in [6, 6.07) is 0.469. The molecule has 0 bridgehead atoms. The largest absolute Gasteiger partial charge is 0.383 e. The Morgan fingerprint density at radius 1 is 1.19 bits per heavy atom. The maximum atomic E-state index is 5.27. The number of likely N-dealkylation sites (N-methyl/N-ethyl adjacent to an activating group) is 2. The molecule has 0 aliphatic carbocycles. The quantitative estimate of drug-likeness (QED) is 0.554. The fraction of sp³-hybridized carbons (Fsp3) is 1.00. The maximum absolute atomic E-state index is 5.27. The lowest BCUT2D eigenvalue weighted by Gasteiger charge is -2.28. The summed E-state index contributed by atoms with van der Waals surface area (Å²) < 4.78 is 5.27. The molecule has 0 amide bonds. The molecule has 1 unspecified atom stereocenters. The molecule has 0 heterocycles. The Balaban J connectivity index is 3.86. The van der Waals surface area contributed by atoms with E-state index < -0.39 is 0 Å². The van der Waals surface area contributed by atoms with Crippen molar-refractivity contribution in [1.82, 2.24) is 15.1 Å². The third-order valence-corrected chi connectivity index (χ3v) is 2.69. The molecule has 0 radical (unpaired) electrons. The van der Waals surface area contributed by atoms with Gasteiger partial charge >= 0.3 is 0 Å². The Morgan fingerprint density at radius 3 is 2.38 bits per heavy atom. The Kier molecular flexibility index (Phi) is 9.92. The maximum Gasteiger partial charge on any atom is 0.0630 e. The van der Waals surface area contributed by atoms with E-state index >= 15 is 0 Å². The fourth-order valence-corrected chi connectivity index (χ4v) is 1.52. The van der Waals surface area contributed by atoms with E-state index in [0.717, 1.165) is 32.8 Å². The second-order valence-electron chi connectivity index (χ2n) is 4.60. The van der Waals surface area contributed by atoms with Crippen molar-refractivity contribution in [3.05, 3.63) is 0 Å². The third-order valence-electron chi connectivity index (χ3n) is 2.69. The van der Waals surface area contributed by atoms with Crippen molar-refractivity contribution >= 4 is 0 Å². The Hall–Kier alpha value is -0.160. The van der Waals surface area contributed by atoms with Crippen LogP contribution < -0.4 is 5.32 Å². The van der Waals surface area contributed by atoms with Gasteiger partial charge in [-0.3, -0.25) is 4.90 Å². The minimum atomic E-state index is 0.469. The zero-order valence-corrected chi connectivity index (χ0v) is 11.6. The molecular weight excluding hydrogens is 202 g/mol. The highest BCUT2D eigenvalue weighted by Gasteiger charge is 2.13. The van der Waals surface area contributed by atoms with Crippen LogP contribution in [0.15, 0.2) is 0 Å². The fourth-order valence-electron chi connectivity index (χ4n) is 1.52. The van der Waals surface area contributed by atoms with Crippen molar-refractivity contribution in [2.24, 2.45) is 0 Å². The first-order valence-electron chi connectivity index (χ1n) is 6.16. The molecular formula is C12H29N3O. The van der Waals surface area contributed by atoms with Crippen LogP contribution in [0.25, 0.3) is 0 Å². The second-order valence-corrected chi connectivity index (χ2v) is 4.60. The molecule has 0 aromatic heterocycles. The lowest BCUT2D eigenvalue weighted by molar-refractivity contribution is 0.101. The van der Waals surface area contributed by atoms with Gasteiger partial charge in [0.05, 0.1) is 6.61 Å². The molecule has 0 saturated carbocycles. The van der Waals surface area contributed by atoms with Crippen molar-refractivity contribution in [3.63, 3.8) is 0 Å². The molecule has 0 fully saturated rings. The first-order valence-corrected chi connectivity index (χ1v) is 6.16. The van der Waals surface area contributed by atoms with Crippen molar-refractivity contribution in [1.29, 1.82) is 0 Å². The summed E-state index contributed by atoms with van der Waals surface area (Å²) in [6.07, 6.45) is 1.18. The molecule has 4 heteroatoms. The first-order chi connectivity index (χ1) is 7.61. The average Bonchev–Trinajstić information content (AvgIpc) is 2.25. The van der Waals surface area contributed by atoms with Gasteiger partial charge in [0.1, 0.15) is 0 Å². The summed E-state index contributed by atoms with van der Waals surface area (Å²) in [5.41, 5.74) is 0. The summed E-state index contributed by atoms with van der Waals surface area (Å²) in [4.78, 5) is 4.58. The average molecular weight is 231 g/mol. The third kappa shape index (κ3) is 8.05. The summed E-state index contributed by atoms with van der Waals surface area (Å²) in [7, 11) is 8.15. The number of nitrogens with zero attached hydrogens (tertiary/aromatic N) is 2. The SMILES string of the molecule is CCCNCC(COC)N(C)CCN(C)C. The predicted molar refractivity (Wildman–Crippen MR) is 70.0 cm³/mol. The van der Waals surface area contributed by atoms with Gasteiger partial charge in [-0.2, -0.15) is 0 Å². The van der Waals surface area contributed by atoms with Crippen LogP contribution in [0.3, 0.4) is 0 Å². The van der Waals surface area contributed by atoms with Gasteiger partial charge < -0.3 is 15.0 Å². The molecule has 16 heavy (non-hydrogen) atoms. The Morgan fingerprint density at radius 2 is 1.88 bits per heavy atom. The minimum absolute atomic E-state index is 0.469. The summed E-state index contributed by atoms with van der Waals surface area (Å²) in [6.45, 7) is 7.24. The summed E-state index contributed by atoms with van der Waals surface area (Å²) in [5, 5.41) is 3.45. The number of rotatable bonds is 10. The van der Waals surface area contributed by atoms with E-state index in [2.05, 4.69) is 43.2 Å². The number of hydrogen-bond acceptors (Lipinski definition) is 4. The Bertz CT molecular complexity index is 153. The van der Waals surface area contributed by atoms with E-state index in [4.69, 9.17) is 4.74 Å². The van der Waals surface area contributed by atoms with Gasteiger partial charge in [0.25, 0.3) is 0 Å². The van der Waals surface area contributed by atoms with E-state index in [0.29, 0.717) is 6.04 Å². The van der Waals surface area contributed by atoms with Crippen molar-refractivity contribution < 1.29 is 4.74 Å². The molecule has 1 N–H and O–H groups in total. The van der Waals surface area contributed by atoms with Crippen LogP contribution in [0.5, 0.6) is 0 Å². The zero-order chi connectivity index (χ0) is 12.4. The molecule has 0 rings (SSSR count). The molecule has 4 nitrogen and oxygen atoms in total. The zero-order valence-electron chi connectivity index (χ0n) is 11.6. The molecule has 0 spiro atoms. The van der Waals surface area contributed by atoms with E-state index in [1.165, 1.54) is 6.42 Å². The van der Waals surface area contributed by atoms with Crippen LogP contribution in [0.1, 0.15) is 13.3 Å². The van der Waals surface area contributed by atoms with Crippen LogP contribution in [0, 0.1) is 0 Å². The first kappa shape index (κ1) is 15.8. The smallest absolute Gasteiger partial charge is 0.0630 e. The van der Waals surface area contributed by atoms with Crippen molar-refractivity contribution in [2.75, 3.05) is 61.0 Å². The van der Waals surface area contributed by atoms with E-state index in [-0.39, 0.29) is 0 Å². The molecule has 1 atom stereocenters. The highest BCUT2D eigenvalue weighted by Crippen LogP contribution is 1.96. The van der Waals surface area contributed by atoms with Gasteiger partial charge in [0.15, 0.2) is 0 Å². The Labute approximate surface area is 101 Å². The molecule has 0 aromatic carbocycles. The van der Waals surface area contributed by atoms with Crippen molar-refractivity contribution in [3.8, 4) is 0 Å². The van der Waals surface area contributed by atoms with Gasteiger partial charge in [0, 0.05) is 32.8 Å². The highest BCUT2D eigenvalue weighted by molar-refractivity contribution is 4.71. The van der Waals surface area contributed by atoms with Gasteiger partial charge in [-0.05, 0) is 34.1 Å². The predicted octanol–water partition coefficient (Wildman–Crippen LogP) is 0.494.